The van der Waals surface area contributed by atoms with Crippen molar-refractivity contribution < 1.29 is 32.6 Å². The summed E-state index contributed by atoms with van der Waals surface area (Å²) in [5.41, 5.74) is 0.117. The Hall–Kier alpha value is -3.16. The predicted molar refractivity (Wildman–Crippen MR) is 85.5 cm³/mol. The van der Waals surface area contributed by atoms with Crippen LogP contribution in [0.2, 0.25) is 0 Å². The summed E-state index contributed by atoms with van der Waals surface area (Å²) in [6.07, 6.45) is -0.979. The molecule has 0 saturated carbocycles. The van der Waals surface area contributed by atoms with Gasteiger partial charge in [0.15, 0.2) is 18.1 Å². The molecule has 1 N–H and O–H groups in total. The van der Waals surface area contributed by atoms with Gasteiger partial charge in [0.2, 0.25) is 6.10 Å². The van der Waals surface area contributed by atoms with E-state index in [0.29, 0.717) is 11.5 Å². The number of carbonyl (C=O) groups is 2. The van der Waals surface area contributed by atoms with Crippen LogP contribution in [0.5, 0.6) is 11.5 Å². The first-order chi connectivity index (χ1) is 12.5. The maximum absolute atomic E-state index is 13.5. The van der Waals surface area contributed by atoms with Crippen molar-refractivity contribution >= 4 is 11.9 Å². The van der Waals surface area contributed by atoms with E-state index in [9.17, 15) is 18.4 Å². The molecule has 1 atom stereocenters. The molecule has 2 aromatic carbocycles. The number of hydrogen-bond acceptors (Lipinski definition) is 5. The van der Waals surface area contributed by atoms with E-state index in [2.05, 4.69) is 5.32 Å². The van der Waals surface area contributed by atoms with Gasteiger partial charge in [-0.3, -0.25) is 4.79 Å². The molecule has 1 aliphatic heterocycles. The van der Waals surface area contributed by atoms with Crippen molar-refractivity contribution in [2.45, 2.75) is 12.6 Å². The van der Waals surface area contributed by atoms with Crippen LogP contribution in [-0.4, -0.2) is 31.2 Å². The Morgan fingerprint density at radius 3 is 2.69 bits per heavy atom. The van der Waals surface area contributed by atoms with Crippen molar-refractivity contribution in [3.63, 3.8) is 0 Å². The summed E-state index contributed by atoms with van der Waals surface area (Å²) in [7, 11) is 0. The largest absolute Gasteiger partial charge is 0.485 e. The van der Waals surface area contributed by atoms with Crippen molar-refractivity contribution in [2.75, 3.05) is 13.2 Å². The highest BCUT2D eigenvalue weighted by molar-refractivity contribution is 5.82. The van der Waals surface area contributed by atoms with Crippen molar-refractivity contribution in [3.05, 3.63) is 59.7 Å². The number of benzene rings is 2. The number of ether oxygens (including phenoxy) is 3. The zero-order valence-electron chi connectivity index (χ0n) is 13.5. The van der Waals surface area contributed by atoms with Crippen molar-refractivity contribution in [2.24, 2.45) is 0 Å². The third-order valence-electron chi connectivity index (χ3n) is 3.61. The minimum atomic E-state index is -0.979. The van der Waals surface area contributed by atoms with Gasteiger partial charge in [-0.05, 0) is 18.2 Å². The van der Waals surface area contributed by atoms with Gasteiger partial charge in [-0.15, -0.1) is 0 Å². The number of fused-ring (bicyclic) bond motifs is 1. The van der Waals surface area contributed by atoms with Gasteiger partial charge < -0.3 is 19.5 Å². The van der Waals surface area contributed by atoms with E-state index in [1.165, 1.54) is 6.07 Å². The highest BCUT2D eigenvalue weighted by Gasteiger charge is 2.29. The molecular weight excluding hydrogens is 348 g/mol. The molecule has 3 rings (SSSR count). The standard InChI is InChI=1S/C18H15F2NO5/c19-12-6-5-11(13(20)7-12)8-21-17(22)10-25-18(23)16-9-24-14-3-1-2-4-15(14)26-16/h1-7,16H,8-10H2,(H,21,22). The topological polar surface area (TPSA) is 73.9 Å². The lowest BCUT2D eigenvalue weighted by molar-refractivity contribution is -0.157. The molecule has 0 aliphatic carbocycles. The predicted octanol–water partition coefficient (Wildman–Crippen LogP) is 1.96. The Morgan fingerprint density at radius 1 is 1.15 bits per heavy atom. The third-order valence-corrected chi connectivity index (χ3v) is 3.61. The lowest BCUT2D eigenvalue weighted by atomic mass is 10.2. The fourth-order valence-corrected chi connectivity index (χ4v) is 2.28. The number of halogens is 2. The van der Waals surface area contributed by atoms with Crippen LogP contribution in [0, 0.1) is 11.6 Å². The van der Waals surface area contributed by atoms with Crippen LogP contribution in [0.25, 0.3) is 0 Å². The second-order valence-corrected chi connectivity index (χ2v) is 5.48. The third kappa shape index (κ3) is 4.27. The highest BCUT2D eigenvalue weighted by atomic mass is 19.1. The Morgan fingerprint density at radius 2 is 1.92 bits per heavy atom. The normalized spacial score (nSPS) is 15.2. The molecule has 26 heavy (non-hydrogen) atoms. The van der Waals surface area contributed by atoms with Crippen LogP contribution in [0.4, 0.5) is 8.78 Å². The van der Waals surface area contributed by atoms with Gasteiger partial charge in [0, 0.05) is 18.2 Å². The summed E-state index contributed by atoms with van der Waals surface area (Å²) in [5, 5.41) is 2.38. The molecular formula is C18H15F2NO5. The molecule has 1 amide bonds. The zero-order chi connectivity index (χ0) is 18.5. The average Bonchev–Trinajstić information content (AvgIpc) is 2.65. The summed E-state index contributed by atoms with van der Waals surface area (Å²) in [6, 6.07) is 9.90. The number of hydrogen-bond donors (Lipinski definition) is 1. The van der Waals surface area contributed by atoms with Gasteiger partial charge >= 0.3 is 5.97 Å². The van der Waals surface area contributed by atoms with E-state index in [0.717, 1.165) is 12.1 Å². The van der Waals surface area contributed by atoms with Crippen LogP contribution >= 0.6 is 0 Å². The molecule has 136 valence electrons. The van der Waals surface area contributed by atoms with E-state index in [-0.39, 0.29) is 18.7 Å². The van der Waals surface area contributed by atoms with E-state index in [4.69, 9.17) is 14.2 Å². The number of para-hydroxylation sites is 2. The fraction of sp³-hybridized carbons (Fsp3) is 0.222. The first kappa shape index (κ1) is 17.7. The number of amides is 1. The van der Waals surface area contributed by atoms with Gasteiger partial charge in [0.25, 0.3) is 5.91 Å². The van der Waals surface area contributed by atoms with E-state index in [1.807, 2.05) is 0 Å². The molecule has 0 spiro atoms. The monoisotopic (exact) mass is 363 g/mol. The SMILES string of the molecule is O=C(COC(=O)C1COc2ccccc2O1)NCc1ccc(F)cc1F. The van der Waals surface area contributed by atoms with Crippen molar-refractivity contribution in [1.29, 1.82) is 0 Å². The first-order valence-electron chi connectivity index (χ1n) is 7.78. The van der Waals surface area contributed by atoms with Crippen LogP contribution in [0.3, 0.4) is 0 Å². The lowest BCUT2D eigenvalue weighted by Crippen LogP contribution is -2.39. The summed E-state index contributed by atoms with van der Waals surface area (Å²) >= 11 is 0. The number of carbonyl (C=O) groups excluding carboxylic acids is 2. The Labute approximate surface area is 147 Å². The summed E-state index contributed by atoms with van der Waals surface area (Å²) < 4.78 is 42.0. The second-order valence-electron chi connectivity index (χ2n) is 5.48. The van der Waals surface area contributed by atoms with E-state index < -0.39 is 36.2 Å². The molecule has 2 aromatic rings. The first-order valence-corrected chi connectivity index (χ1v) is 7.78. The molecule has 1 aliphatic rings. The highest BCUT2D eigenvalue weighted by Crippen LogP contribution is 2.31. The molecule has 1 unspecified atom stereocenters. The zero-order valence-corrected chi connectivity index (χ0v) is 13.5. The second kappa shape index (κ2) is 7.81. The summed E-state index contributed by atoms with van der Waals surface area (Å²) in [5.74, 6) is -1.91. The summed E-state index contributed by atoms with van der Waals surface area (Å²) in [4.78, 5) is 23.7. The van der Waals surface area contributed by atoms with E-state index in [1.54, 1.807) is 24.3 Å². The molecule has 0 radical (unpaired) electrons. The Balaban J connectivity index is 1.45. The van der Waals surface area contributed by atoms with Gasteiger partial charge in [-0.25, -0.2) is 13.6 Å². The minimum Gasteiger partial charge on any atom is -0.485 e. The van der Waals surface area contributed by atoms with Gasteiger partial charge in [-0.1, -0.05) is 18.2 Å². The lowest BCUT2D eigenvalue weighted by Gasteiger charge is -2.24. The van der Waals surface area contributed by atoms with Gasteiger partial charge in [0.05, 0.1) is 0 Å². The number of rotatable bonds is 5. The number of esters is 1. The quantitative estimate of drug-likeness (QED) is 0.822. The summed E-state index contributed by atoms with van der Waals surface area (Å²) in [6.45, 7) is -0.736. The van der Waals surface area contributed by atoms with Crippen LogP contribution in [-0.2, 0) is 20.9 Å². The van der Waals surface area contributed by atoms with Crippen molar-refractivity contribution in [3.8, 4) is 11.5 Å². The maximum Gasteiger partial charge on any atom is 0.351 e. The van der Waals surface area contributed by atoms with Gasteiger partial charge in [0.1, 0.15) is 18.2 Å². The fourth-order valence-electron chi connectivity index (χ4n) is 2.28. The molecule has 1 heterocycles. The van der Waals surface area contributed by atoms with E-state index >= 15 is 0 Å². The van der Waals surface area contributed by atoms with Gasteiger partial charge in [-0.2, -0.15) is 0 Å². The van der Waals surface area contributed by atoms with Crippen LogP contribution in [0.15, 0.2) is 42.5 Å². The molecule has 6 nitrogen and oxygen atoms in total. The molecule has 0 fully saturated rings. The smallest absolute Gasteiger partial charge is 0.351 e. The van der Waals surface area contributed by atoms with Crippen LogP contribution < -0.4 is 14.8 Å². The Bertz CT molecular complexity index is 827. The van der Waals surface area contributed by atoms with Crippen molar-refractivity contribution in [1.82, 2.24) is 5.32 Å². The molecule has 0 saturated heterocycles. The average molecular weight is 363 g/mol. The van der Waals surface area contributed by atoms with Crippen LogP contribution in [0.1, 0.15) is 5.56 Å². The molecule has 0 aromatic heterocycles. The molecule has 8 heteroatoms. The maximum atomic E-state index is 13.5. The number of nitrogens with one attached hydrogen (secondary N) is 1. The molecule has 0 bridgehead atoms. The Kier molecular flexibility index (Phi) is 5.31. The minimum absolute atomic E-state index is 0.0295.